The summed E-state index contributed by atoms with van der Waals surface area (Å²) in [7, 11) is 3.63. The van der Waals surface area contributed by atoms with Crippen molar-refractivity contribution in [1.29, 1.82) is 0 Å². The summed E-state index contributed by atoms with van der Waals surface area (Å²) >= 11 is 0. The summed E-state index contributed by atoms with van der Waals surface area (Å²) in [6, 6.07) is 8.43. The van der Waals surface area contributed by atoms with Gasteiger partial charge in [0.15, 0.2) is 0 Å². The Balaban J connectivity index is 2.38. The van der Waals surface area contributed by atoms with Gasteiger partial charge in [0.05, 0.1) is 7.11 Å². The molecule has 2 aromatic rings. The van der Waals surface area contributed by atoms with Crippen LogP contribution in [-0.4, -0.2) is 22.9 Å². The molecule has 1 aromatic carbocycles. The highest BCUT2D eigenvalue weighted by atomic mass is 16.5. The Kier molecular flexibility index (Phi) is 4.22. The Morgan fingerprint density at radius 3 is 2.74 bits per heavy atom. The largest absolute Gasteiger partial charge is 0.496 e. The molecule has 1 aromatic heterocycles. The molecule has 0 radical (unpaired) electrons. The van der Waals surface area contributed by atoms with Gasteiger partial charge in [-0.1, -0.05) is 26.0 Å². The van der Waals surface area contributed by atoms with Gasteiger partial charge in [-0.25, -0.2) is 0 Å². The number of hydrogen-bond acceptors (Lipinski definition) is 3. The molecule has 1 heterocycles. The second-order valence-electron chi connectivity index (χ2n) is 4.91. The van der Waals surface area contributed by atoms with Crippen molar-refractivity contribution >= 4 is 0 Å². The molecule has 0 saturated carbocycles. The number of rotatable bonds is 5. The lowest BCUT2D eigenvalue weighted by Crippen LogP contribution is -2.21. The molecule has 0 spiro atoms. The van der Waals surface area contributed by atoms with Gasteiger partial charge in [0.25, 0.3) is 0 Å². The number of benzene rings is 1. The first-order valence-corrected chi connectivity index (χ1v) is 6.51. The molecule has 4 nitrogen and oxygen atoms in total. The predicted octanol–water partition coefficient (Wildman–Crippen LogP) is 2.59. The second kappa shape index (κ2) is 5.89. The monoisotopic (exact) mass is 259 g/mol. The van der Waals surface area contributed by atoms with Gasteiger partial charge in [-0.15, -0.1) is 0 Å². The highest BCUT2D eigenvalue weighted by Gasteiger charge is 2.14. The van der Waals surface area contributed by atoms with E-state index < -0.39 is 0 Å². The number of nitrogens with zero attached hydrogens (tertiary/aromatic N) is 2. The molecule has 102 valence electrons. The van der Waals surface area contributed by atoms with E-state index in [1.807, 2.05) is 36.0 Å². The van der Waals surface area contributed by atoms with E-state index in [4.69, 9.17) is 4.74 Å². The summed E-state index contributed by atoms with van der Waals surface area (Å²) in [6.45, 7) is 5.08. The summed E-state index contributed by atoms with van der Waals surface area (Å²) in [4.78, 5) is 0. The maximum absolute atomic E-state index is 5.42. The number of aryl methyl sites for hydroxylation is 1. The van der Waals surface area contributed by atoms with Crippen molar-refractivity contribution in [2.24, 2.45) is 7.05 Å². The van der Waals surface area contributed by atoms with Crippen molar-refractivity contribution in [2.75, 3.05) is 7.11 Å². The zero-order chi connectivity index (χ0) is 13.8. The van der Waals surface area contributed by atoms with Crippen LogP contribution in [0.25, 0.3) is 11.3 Å². The maximum atomic E-state index is 5.42. The van der Waals surface area contributed by atoms with Gasteiger partial charge < -0.3 is 10.1 Å². The first kappa shape index (κ1) is 13.6. The molecule has 19 heavy (non-hydrogen) atoms. The minimum absolute atomic E-state index is 0.450. The third kappa shape index (κ3) is 3.15. The van der Waals surface area contributed by atoms with Crippen LogP contribution in [0.15, 0.2) is 30.5 Å². The minimum Gasteiger partial charge on any atom is -0.496 e. The van der Waals surface area contributed by atoms with Gasteiger partial charge in [-0.2, -0.15) is 5.10 Å². The van der Waals surface area contributed by atoms with Crippen LogP contribution in [0, 0.1) is 0 Å². The van der Waals surface area contributed by atoms with Crippen LogP contribution >= 0.6 is 0 Å². The quantitative estimate of drug-likeness (QED) is 0.897. The smallest absolute Gasteiger partial charge is 0.128 e. The summed E-state index contributed by atoms with van der Waals surface area (Å²) < 4.78 is 7.27. The number of ether oxygens (including phenoxy) is 1. The lowest BCUT2D eigenvalue weighted by molar-refractivity contribution is 0.416. The number of methoxy groups -OCH3 is 1. The average Bonchev–Trinajstić information content (AvgIpc) is 2.77. The van der Waals surface area contributed by atoms with Crippen molar-refractivity contribution in [3.63, 3.8) is 0 Å². The fourth-order valence-corrected chi connectivity index (χ4v) is 2.05. The average molecular weight is 259 g/mol. The van der Waals surface area contributed by atoms with E-state index >= 15 is 0 Å². The molecular weight excluding hydrogens is 238 g/mol. The van der Waals surface area contributed by atoms with E-state index in [2.05, 4.69) is 30.5 Å². The zero-order valence-electron chi connectivity index (χ0n) is 12.0. The third-order valence-corrected chi connectivity index (χ3v) is 2.97. The predicted molar refractivity (Wildman–Crippen MR) is 77.2 cm³/mol. The van der Waals surface area contributed by atoms with E-state index in [0.717, 1.165) is 23.6 Å². The number of para-hydroxylation sites is 1. The van der Waals surface area contributed by atoms with Crippen LogP contribution in [0.1, 0.15) is 19.4 Å². The Morgan fingerprint density at radius 2 is 2.05 bits per heavy atom. The number of aromatic nitrogens is 2. The van der Waals surface area contributed by atoms with Gasteiger partial charge >= 0.3 is 0 Å². The summed E-state index contributed by atoms with van der Waals surface area (Å²) in [6.07, 6.45) is 2.05. The van der Waals surface area contributed by atoms with Gasteiger partial charge in [-0.3, -0.25) is 4.68 Å². The number of hydrogen-bond donors (Lipinski definition) is 1. The van der Waals surface area contributed by atoms with Crippen molar-refractivity contribution in [3.8, 4) is 17.0 Å². The number of nitrogens with one attached hydrogen (secondary N) is 1. The molecule has 0 aliphatic heterocycles. The molecule has 4 heteroatoms. The standard InChI is InChI=1S/C15H21N3O/c1-11(2)16-9-12-10-18(3)17-15(12)13-7-5-6-8-14(13)19-4/h5-8,10-11,16H,9H2,1-4H3. The fraction of sp³-hybridized carbons (Fsp3) is 0.400. The van der Waals surface area contributed by atoms with E-state index in [9.17, 15) is 0 Å². The molecule has 0 aliphatic carbocycles. The van der Waals surface area contributed by atoms with Crippen LogP contribution in [0.4, 0.5) is 0 Å². The summed E-state index contributed by atoms with van der Waals surface area (Å²) in [5.74, 6) is 0.854. The van der Waals surface area contributed by atoms with E-state index in [-0.39, 0.29) is 0 Å². The molecule has 0 bridgehead atoms. The van der Waals surface area contributed by atoms with Gasteiger partial charge in [0, 0.05) is 37.0 Å². The first-order chi connectivity index (χ1) is 9.11. The molecule has 0 atom stereocenters. The highest BCUT2D eigenvalue weighted by molar-refractivity contribution is 5.69. The molecular formula is C15H21N3O. The van der Waals surface area contributed by atoms with Crippen molar-refractivity contribution in [2.45, 2.75) is 26.4 Å². The molecule has 1 N–H and O–H groups in total. The molecule has 0 fully saturated rings. The Labute approximate surface area is 114 Å². The Hall–Kier alpha value is -1.81. The lowest BCUT2D eigenvalue weighted by Gasteiger charge is -2.10. The topological polar surface area (TPSA) is 39.1 Å². The van der Waals surface area contributed by atoms with Crippen LogP contribution in [0.2, 0.25) is 0 Å². The molecule has 0 saturated heterocycles. The van der Waals surface area contributed by atoms with Crippen LogP contribution < -0.4 is 10.1 Å². The van der Waals surface area contributed by atoms with Crippen LogP contribution in [0.5, 0.6) is 5.75 Å². The van der Waals surface area contributed by atoms with E-state index in [0.29, 0.717) is 6.04 Å². The van der Waals surface area contributed by atoms with Crippen LogP contribution in [-0.2, 0) is 13.6 Å². The highest BCUT2D eigenvalue weighted by Crippen LogP contribution is 2.30. The molecule has 0 aliphatic rings. The van der Waals surface area contributed by atoms with Crippen molar-refractivity contribution < 1.29 is 4.74 Å². The lowest BCUT2D eigenvalue weighted by atomic mass is 10.1. The van der Waals surface area contributed by atoms with E-state index in [1.165, 1.54) is 5.56 Å². The van der Waals surface area contributed by atoms with E-state index in [1.54, 1.807) is 7.11 Å². The summed E-state index contributed by atoms with van der Waals surface area (Å²) in [5.41, 5.74) is 3.19. The maximum Gasteiger partial charge on any atom is 0.128 e. The summed E-state index contributed by atoms with van der Waals surface area (Å²) in [5, 5.41) is 7.99. The molecule has 2 rings (SSSR count). The zero-order valence-corrected chi connectivity index (χ0v) is 12.0. The van der Waals surface area contributed by atoms with Crippen LogP contribution in [0.3, 0.4) is 0 Å². The van der Waals surface area contributed by atoms with Crippen molar-refractivity contribution in [3.05, 3.63) is 36.0 Å². The molecule has 0 amide bonds. The third-order valence-electron chi connectivity index (χ3n) is 2.97. The minimum atomic E-state index is 0.450. The fourth-order valence-electron chi connectivity index (χ4n) is 2.05. The van der Waals surface area contributed by atoms with Gasteiger partial charge in [0.2, 0.25) is 0 Å². The SMILES string of the molecule is COc1ccccc1-c1nn(C)cc1CNC(C)C. The normalized spacial score (nSPS) is 11.0. The van der Waals surface area contributed by atoms with Gasteiger partial charge in [0.1, 0.15) is 11.4 Å². The Morgan fingerprint density at radius 1 is 1.32 bits per heavy atom. The second-order valence-corrected chi connectivity index (χ2v) is 4.91. The van der Waals surface area contributed by atoms with Gasteiger partial charge in [-0.05, 0) is 12.1 Å². The molecule has 0 unspecified atom stereocenters. The van der Waals surface area contributed by atoms with Crippen molar-refractivity contribution in [1.82, 2.24) is 15.1 Å². The Bertz CT molecular complexity index is 546. The first-order valence-electron chi connectivity index (χ1n) is 6.51.